The quantitative estimate of drug-likeness (QED) is 0.621. The van der Waals surface area contributed by atoms with E-state index in [0.717, 1.165) is 47.6 Å². The van der Waals surface area contributed by atoms with E-state index in [0.29, 0.717) is 16.1 Å². The molecule has 0 saturated carbocycles. The Morgan fingerprint density at radius 3 is 2.43 bits per heavy atom. The molecule has 1 aliphatic heterocycles. The number of rotatable bonds is 5. The standard InChI is InChI=1S/C24H24N2O3S/c1-3-26-14-13-19-20(15-26)30-23(21(19)24(28)29-2)25-22(27)18-11-9-17(10-12-18)16-7-5-4-6-8-16/h4-12H,3,13-15H2,1-2H3,(H,25,27)/p+1. The molecule has 2 heterocycles. The van der Waals surface area contributed by atoms with Gasteiger partial charge >= 0.3 is 5.97 Å². The number of carbonyl (C=O) groups is 2. The van der Waals surface area contributed by atoms with E-state index >= 15 is 0 Å². The molecule has 6 heteroatoms. The Kier molecular flexibility index (Phi) is 5.97. The lowest BCUT2D eigenvalue weighted by Crippen LogP contribution is -3.11. The number of methoxy groups -OCH3 is 1. The number of carbonyl (C=O) groups excluding carboxylic acids is 2. The molecule has 1 unspecified atom stereocenters. The van der Waals surface area contributed by atoms with Crippen LogP contribution in [0, 0.1) is 0 Å². The number of amides is 1. The van der Waals surface area contributed by atoms with Gasteiger partial charge in [0.15, 0.2) is 0 Å². The summed E-state index contributed by atoms with van der Waals surface area (Å²) in [7, 11) is 1.38. The van der Waals surface area contributed by atoms with Gasteiger partial charge in [0.2, 0.25) is 0 Å². The van der Waals surface area contributed by atoms with Gasteiger partial charge < -0.3 is 15.0 Å². The third kappa shape index (κ3) is 4.01. The number of esters is 1. The average Bonchev–Trinajstić information content (AvgIpc) is 3.16. The molecule has 1 atom stereocenters. The summed E-state index contributed by atoms with van der Waals surface area (Å²) >= 11 is 1.49. The predicted octanol–water partition coefficient (Wildman–Crippen LogP) is 3.41. The Morgan fingerprint density at radius 1 is 1.07 bits per heavy atom. The van der Waals surface area contributed by atoms with Crippen molar-refractivity contribution in [3.8, 4) is 11.1 Å². The normalized spacial score (nSPS) is 15.3. The van der Waals surface area contributed by atoms with E-state index in [1.165, 1.54) is 23.3 Å². The maximum Gasteiger partial charge on any atom is 0.341 e. The largest absolute Gasteiger partial charge is 0.465 e. The highest BCUT2D eigenvalue weighted by Crippen LogP contribution is 2.35. The molecule has 0 saturated heterocycles. The Morgan fingerprint density at radius 2 is 1.77 bits per heavy atom. The second-order valence-electron chi connectivity index (χ2n) is 7.38. The van der Waals surface area contributed by atoms with Crippen LogP contribution in [0.5, 0.6) is 0 Å². The molecule has 3 aromatic rings. The fourth-order valence-electron chi connectivity index (χ4n) is 3.86. The molecule has 1 amide bonds. The zero-order chi connectivity index (χ0) is 21.1. The van der Waals surface area contributed by atoms with Crippen molar-refractivity contribution in [2.75, 3.05) is 25.5 Å². The Balaban J connectivity index is 1.58. The van der Waals surface area contributed by atoms with Crippen LogP contribution in [0.15, 0.2) is 54.6 Å². The van der Waals surface area contributed by atoms with Gasteiger partial charge in [0.1, 0.15) is 11.5 Å². The zero-order valence-electron chi connectivity index (χ0n) is 17.2. The Bertz CT molecular complexity index is 1060. The fourth-order valence-corrected chi connectivity index (χ4v) is 5.17. The van der Waals surface area contributed by atoms with E-state index in [2.05, 4.69) is 12.2 Å². The second-order valence-corrected chi connectivity index (χ2v) is 8.48. The summed E-state index contributed by atoms with van der Waals surface area (Å²) in [5.41, 5.74) is 4.25. The summed E-state index contributed by atoms with van der Waals surface area (Å²) in [6.07, 6.45) is 0.821. The lowest BCUT2D eigenvalue weighted by molar-refractivity contribution is -0.913. The number of ether oxygens (including phenoxy) is 1. The molecule has 4 rings (SSSR count). The topological polar surface area (TPSA) is 59.8 Å². The number of hydrogen-bond donors (Lipinski definition) is 2. The van der Waals surface area contributed by atoms with E-state index in [1.54, 1.807) is 0 Å². The van der Waals surface area contributed by atoms with Crippen LogP contribution in [0.25, 0.3) is 11.1 Å². The molecule has 0 spiro atoms. The third-order valence-corrected chi connectivity index (χ3v) is 6.75. The van der Waals surface area contributed by atoms with Gasteiger partial charge in [0.05, 0.1) is 30.6 Å². The van der Waals surface area contributed by atoms with Crippen LogP contribution in [0.3, 0.4) is 0 Å². The van der Waals surface area contributed by atoms with Gasteiger partial charge in [-0.3, -0.25) is 4.79 Å². The molecule has 2 N–H and O–H groups in total. The van der Waals surface area contributed by atoms with Crippen molar-refractivity contribution in [2.45, 2.75) is 19.9 Å². The van der Waals surface area contributed by atoms with Crippen molar-refractivity contribution in [3.05, 3.63) is 76.2 Å². The van der Waals surface area contributed by atoms with Gasteiger partial charge in [-0.15, -0.1) is 11.3 Å². The monoisotopic (exact) mass is 421 g/mol. The van der Waals surface area contributed by atoms with Crippen LogP contribution in [0.4, 0.5) is 5.00 Å². The van der Waals surface area contributed by atoms with Gasteiger partial charge in [-0.2, -0.15) is 0 Å². The number of likely N-dealkylation sites (N-methyl/N-ethyl adjacent to an activating group) is 1. The van der Waals surface area contributed by atoms with Crippen LogP contribution >= 0.6 is 11.3 Å². The lowest BCUT2D eigenvalue weighted by atomic mass is 10.0. The number of hydrogen-bond acceptors (Lipinski definition) is 4. The number of thiophene rings is 1. The minimum Gasteiger partial charge on any atom is -0.465 e. The first-order chi connectivity index (χ1) is 14.6. The van der Waals surface area contributed by atoms with Crippen LogP contribution in [0.1, 0.15) is 38.1 Å². The van der Waals surface area contributed by atoms with E-state index in [4.69, 9.17) is 4.74 Å². The van der Waals surface area contributed by atoms with E-state index in [9.17, 15) is 9.59 Å². The number of benzene rings is 2. The zero-order valence-corrected chi connectivity index (χ0v) is 18.0. The highest BCUT2D eigenvalue weighted by molar-refractivity contribution is 7.17. The van der Waals surface area contributed by atoms with Crippen LogP contribution in [-0.4, -0.2) is 32.1 Å². The van der Waals surface area contributed by atoms with Crippen molar-refractivity contribution in [1.82, 2.24) is 0 Å². The molecule has 1 aliphatic rings. The predicted molar refractivity (Wildman–Crippen MR) is 119 cm³/mol. The number of nitrogens with one attached hydrogen (secondary N) is 2. The smallest absolute Gasteiger partial charge is 0.341 e. The van der Waals surface area contributed by atoms with E-state index in [-0.39, 0.29) is 11.9 Å². The lowest BCUT2D eigenvalue weighted by Gasteiger charge is -2.22. The maximum atomic E-state index is 12.9. The molecule has 0 radical (unpaired) electrons. The molecule has 2 aromatic carbocycles. The third-order valence-electron chi connectivity index (χ3n) is 5.60. The van der Waals surface area contributed by atoms with Gasteiger partial charge in [-0.25, -0.2) is 4.79 Å². The van der Waals surface area contributed by atoms with Crippen molar-refractivity contribution in [3.63, 3.8) is 0 Å². The molecule has 0 bridgehead atoms. The first-order valence-corrected chi connectivity index (χ1v) is 11.0. The van der Waals surface area contributed by atoms with Crippen molar-refractivity contribution >= 4 is 28.2 Å². The van der Waals surface area contributed by atoms with Crippen LogP contribution < -0.4 is 10.2 Å². The second kappa shape index (κ2) is 8.81. The first kappa shape index (κ1) is 20.3. The summed E-state index contributed by atoms with van der Waals surface area (Å²) in [5.74, 6) is -0.611. The maximum absolute atomic E-state index is 12.9. The molecule has 5 nitrogen and oxygen atoms in total. The van der Waals surface area contributed by atoms with Gasteiger partial charge in [-0.05, 0) is 35.7 Å². The van der Waals surface area contributed by atoms with E-state index < -0.39 is 0 Å². The summed E-state index contributed by atoms with van der Waals surface area (Å²) in [6, 6.07) is 17.5. The van der Waals surface area contributed by atoms with Crippen LogP contribution in [-0.2, 0) is 17.7 Å². The summed E-state index contributed by atoms with van der Waals surface area (Å²) in [5, 5.41) is 3.55. The van der Waals surface area contributed by atoms with Gasteiger partial charge in [0.25, 0.3) is 5.91 Å². The van der Waals surface area contributed by atoms with E-state index in [1.807, 2.05) is 54.6 Å². The van der Waals surface area contributed by atoms with Crippen LogP contribution in [0.2, 0.25) is 0 Å². The minimum absolute atomic E-state index is 0.224. The average molecular weight is 422 g/mol. The fraction of sp³-hybridized carbons (Fsp3) is 0.250. The minimum atomic E-state index is -0.387. The highest BCUT2D eigenvalue weighted by atomic mass is 32.1. The van der Waals surface area contributed by atoms with Crippen molar-refractivity contribution in [2.24, 2.45) is 0 Å². The van der Waals surface area contributed by atoms with Gasteiger partial charge in [-0.1, -0.05) is 42.5 Å². The molecule has 0 aliphatic carbocycles. The summed E-state index contributed by atoms with van der Waals surface area (Å²) in [4.78, 5) is 28.0. The molecular formula is C24H25N2O3S+. The molecule has 30 heavy (non-hydrogen) atoms. The van der Waals surface area contributed by atoms with Gasteiger partial charge in [0, 0.05) is 12.0 Å². The summed E-state index contributed by atoms with van der Waals surface area (Å²) in [6.45, 7) is 5.07. The SMILES string of the molecule is CC[NH+]1CCc2c(sc(NC(=O)c3ccc(-c4ccccc4)cc3)c2C(=O)OC)C1. The Hall–Kier alpha value is -2.96. The molecular weight excluding hydrogens is 396 g/mol. The van der Waals surface area contributed by atoms with Crippen molar-refractivity contribution < 1.29 is 19.2 Å². The Labute approximate surface area is 180 Å². The molecule has 1 aromatic heterocycles. The van der Waals surface area contributed by atoms with Crippen molar-refractivity contribution in [1.29, 1.82) is 0 Å². The highest BCUT2D eigenvalue weighted by Gasteiger charge is 2.30. The number of fused-ring (bicyclic) bond motifs is 1. The number of quaternary nitrogens is 1. The molecule has 154 valence electrons. The first-order valence-electron chi connectivity index (χ1n) is 10.1. The molecule has 0 fully saturated rings. The summed E-state index contributed by atoms with van der Waals surface area (Å²) < 4.78 is 5.02. The number of anilines is 1.